The van der Waals surface area contributed by atoms with Crippen LogP contribution in [0.15, 0.2) is 77.3 Å². The highest BCUT2D eigenvalue weighted by molar-refractivity contribution is 9.10. The molecular formula is C33H40BrN3O6S. The van der Waals surface area contributed by atoms with Gasteiger partial charge in [-0.2, -0.15) is 0 Å². The minimum absolute atomic E-state index is 0.0356. The number of nitrogens with one attached hydrogen (secondary N) is 1. The third-order valence-corrected chi connectivity index (χ3v) is 9.42. The second-order valence-corrected chi connectivity index (χ2v) is 13.8. The summed E-state index contributed by atoms with van der Waals surface area (Å²) in [4.78, 5) is 29.9. The number of amides is 2. The molecule has 9 nitrogen and oxygen atoms in total. The van der Waals surface area contributed by atoms with E-state index < -0.39 is 28.5 Å². The fourth-order valence-electron chi connectivity index (χ4n) is 5.52. The van der Waals surface area contributed by atoms with Crippen LogP contribution in [0.4, 0.5) is 5.69 Å². The smallest absolute Gasteiger partial charge is 0.244 e. The number of carbonyl (C=O) groups is 2. The Kier molecular flexibility index (Phi) is 11.7. The van der Waals surface area contributed by atoms with E-state index in [0.29, 0.717) is 5.75 Å². The van der Waals surface area contributed by atoms with Gasteiger partial charge in [0, 0.05) is 29.5 Å². The summed E-state index contributed by atoms with van der Waals surface area (Å²) in [7, 11) is -1.03. The summed E-state index contributed by atoms with van der Waals surface area (Å²) in [5.74, 6) is -0.0639. The molecule has 0 radical (unpaired) electrons. The zero-order valence-electron chi connectivity index (χ0n) is 25.4. The first kappa shape index (κ1) is 33.3. The normalized spacial score (nSPS) is 14.4. The molecule has 1 saturated carbocycles. The largest absolute Gasteiger partial charge is 0.497 e. The van der Waals surface area contributed by atoms with Crippen molar-refractivity contribution < 1.29 is 27.5 Å². The number of benzene rings is 3. The van der Waals surface area contributed by atoms with Gasteiger partial charge in [0.1, 0.15) is 24.1 Å². The fraction of sp³-hybridized carbons (Fsp3) is 0.394. The van der Waals surface area contributed by atoms with Gasteiger partial charge >= 0.3 is 0 Å². The van der Waals surface area contributed by atoms with Crippen molar-refractivity contribution in [2.24, 2.45) is 0 Å². The highest BCUT2D eigenvalue weighted by Crippen LogP contribution is 2.34. The van der Waals surface area contributed by atoms with Crippen LogP contribution in [0.3, 0.4) is 0 Å². The van der Waals surface area contributed by atoms with Crippen molar-refractivity contribution in [1.82, 2.24) is 10.2 Å². The minimum Gasteiger partial charge on any atom is -0.497 e. The van der Waals surface area contributed by atoms with Crippen molar-refractivity contribution in [3.05, 3.63) is 88.4 Å². The number of hydrogen-bond donors (Lipinski definition) is 1. The number of hydrogen-bond acceptors (Lipinski definition) is 6. The van der Waals surface area contributed by atoms with Crippen LogP contribution in [0.1, 0.15) is 43.2 Å². The summed E-state index contributed by atoms with van der Waals surface area (Å²) in [6.07, 6.45) is 6.32. The summed E-state index contributed by atoms with van der Waals surface area (Å²) in [6, 6.07) is 20.9. The monoisotopic (exact) mass is 685 g/mol. The van der Waals surface area contributed by atoms with Gasteiger partial charge in [-0.1, -0.05) is 77.7 Å². The average molecular weight is 687 g/mol. The van der Waals surface area contributed by atoms with Gasteiger partial charge in [-0.15, -0.1) is 0 Å². The minimum atomic E-state index is -3.95. The van der Waals surface area contributed by atoms with E-state index in [2.05, 4.69) is 21.2 Å². The van der Waals surface area contributed by atoms with Crippen LogP contribution >= 0.6 is 15.9 Å². The number of sulfonamides is 1. The quantitative estimate of drug-likeness (QED) is 0.261. The zero-order valence-corrected chi connectivity index (χ0v) is 27.8. The Morgan fingerprint density at radius 1 is 0.932 bits per heavy atom. The molecule has 236 valence electrons. The molecule has 1 aliphatic carbocycles. The Labute approximate surface area is 268 Å². The molecule has 0 heterocycles. The van der Waals surface area contributed by atoms with Gasteiger partial charge in [0.2, 0.25) is 21.8 Å². The SMILES string of the molecule is COc1ccc(N(CC(=O)N(Cc2cccc(Br)c2)C(Cc2ccccc2)C(=O)NC2CCCCC2)S(C)(=O)=O)c(OC)c1. The molecule has 44 heavy (non-hydrogen) atoms. The first-order valence-corrected chi connectivity index (χ1v) is 17.3. The molecule has 1 aliphatic rings. The first-order valence-electron chi connectivity index (χ1n) is 14.7. The average Bonchev–Trinajstić information content (AvgIpc) is 3.01. The molecule has 11 heteroatoms. The topological polar surface area (TPSA) is 105 Å². The summed E-state index contributed by atoms with van der Waals surface area (Å²) in [5, 5.41) is 3.21. The lowest BCUT2D eigenvalue weighted by molar-refractivity contribution is -0.140. The summed E-state index contributed by atoms with van der Waals surface area (Å²) in [6.45, 7) is -0.428. The molecule has 1 atom stereocenters. The highest BCUT2D eigenvalue weighted by atomic mass is 79.9. The second kappa shape index (κ2) is 15.4. The Hall–Kier alpha value is -3.57. The lowest BCUT2D eigenvalue weighted by Crippen LogP contribution is -2.55. The standard InChI is InChI=1S/C33H40BrN3O6S/c1-42-28-17-18-29(31(21-28)43-2)37(44(3,40)41)23-32(38)36(22-25-13-10-14-26(34)19-25)30(20-24-11-6-4-7-12-24)33(39)35-27-15-8-5-9-16-27/h4,6-7,10-14,17-19,21,27,30H,5,8-9,15-16,20,22-23H2,1-3H3,(H,35,39). The van der Waals surface area contributed by atoms with Crippen molar-refractivity contribution in [1.29, 1.82) is 0 Å². The third kappa shape index (κ3) is 8.98. The van der Waals surface area contributed by atoms with Gasteiger partial charge in [-0.25, -0.2) is 8.42 Å². The molecule has 4 rings (SSSR count). The Morgan fingerprint density at radius 2 is 1.64 bits per heavy atom. The predicted octanol–water partition coefficient (Wildman–Crippen LogP) is 5.32. The Bertz CT molecular complexity index is 1530. The molecule has 0 spiro atoms. The molecule has 0 aromatic heterocycles. The molecule has 1 unspecified atom stereocenters. The number of carbonyl (C=O) groups excluding carboxylic acids is 2. The molecule has 1 fully saturated rings. The van der Waals surface area contributed by atoms with Gasteiger partial charge in [-0.05, 0) is 48.2 Å². The second-order valence-electron chi connectivity index (χ2n) is 11.0. The van der Waals surface area contributed by atoms with Crippen LogP contribution in [0.5, 0.6) is 11.5 Å². The van der Waals surface area contributed by atoms with Gasteiger partial charge in [-0.3, -0.25) is 13.9 Å². The Balaban J connectivity index is 1.75. The van der Waals surface area contributed by atoms with E-state index in [-0.39, 0.29) is 36.4 Å². The number of rotatable bonds is 13. The molecular weight excluding hydrogens is 646 g/mol. The maximum atomic E-state index is 14.4. The van der Waals surface area contributed by atoms with Gasteiger partial charge < -0.3 is 19.7 Å². The van der Waals surface area contributed by atoms with Crippen molar-refractivity contribution in [2.45, 2.75) is 57.2 Å². The number of ether oxygens (including phenoxy) is 2. The van der Waals surface area contributed by atoms with Crippen LogP contribution in [-0.2, 0) is 32.6 Å². The number of halogens is 1. The summed E-state index contributed by atoms with van der Waals surface area (Å²) < 4.78 is 38.9. The Morgan fingerprint density at radius 3 is 2.27 bits per heavy atom. The van der Waals surface area contributed by atoms with E-state index in [9.17, 15) is 18.0 Å². The van der Waals surface area contributed by atoms with E-state index in [0.717, 1.165) is 58.3 Å². The lowest BCUT2D eigenvalue weighted by atomic mass is 9.94. The molecule has 3 aromatic carbocycles. The van der Waals surface area contributed by atoms with Crippen molar-refractivity contribution in [3.63, 3.8) is 0 Å². The first-order chi connectivity index (χ1) is 21.1. The van der Waals surface area contributed by atoms with Crippen LogP contribution in [0.2, 0.25) is 0 Å². The van der Waals surface area contributed by atoms with Crippen LogP contribution in [-0.4, -0.2) is 64.2 Å². The van der Waals surface area contributed by atoms with Gasteiger partial charge in [0.25, 0.3) is 0 Å². The van der Waals surface area contributed by atoms with Crippen molar-refractivity contribution in [3.8, 4) is 11.5 Å². The van der Waals surface area contributed by atoms with Crippen molar-refractivity contribution in [2.75, 3.05) is 31.3 Å². The summed E-state index contributed by atoms with van der Waals surface area (Å²) >= 11 is 3.50. The van der Waals surface area contributed by atoms with E-state index >= 15 is 0 Å². The van der Waals surface area contributed by atoms with Crippen LogP contribution in [0.25, 0.3) is 0 Å². The van der Waals surface area contributed by atoms with Crippen LogP contribution in [0, 0.1) is 0 Å². The predicted molar refractivity (Wildman–Crippen MR) is 175 cm³/mol. The molecule has 0 bridgehead atoms. The van der Waals surface area contributed by atoms with Crippen molar-refractivity contribution >= 4 is 43.5 Å². The fourth-order valence-corrected chi connectivity index (χ4v) is 6.82. The number of methoxy groups -OCH3 is 2. The summed E-state index contributed by atoms with van der Waals surface area (Å²) in [5.41, 5.74) is 1.88. The van der Waals surface area contributed by atoms with Crippen LogP contribution < -0.4 is 19.1 Å². The third-order valence-electron chi connectivity index (χ3n) is 7.80. The number of nitrogens with zero attached hydrogens (tertiary/aromatic N) is 2. The van der Waals surface area contributed by atoms with Gasteiger partial charge in [0.05, 0.1) is 26.2 Å². The molecule has 3 aromatic rings. The maximum Gasteiger partial charge on any atom is 0.244 e. The molecule has 2 amide bonds. The van der Waals surface area contributed by atoms with E-state index in [1.54, 1.807) is 18.2 Å². The van der Waals surface area contributed by atoms with E-state index in [4.69, 9.17) is 9.47 Å². The zero-order chi connectivity index (χ0) is 31.7. The van der Waals surface area contributed by atoms with Gasteiger partial charge in [0.15, 0.2) is 0 Å². The molecule has 0 saturated heterocycles. The van der Waals surface area contributed by atoms with E-state index in [1.807, 2.05) is 54.6 Å². The highest BCUT2D eigenvalue weighted by Gasteiger charge is 2.34. The number of anilines is 1. The lowest BCUT2D eigenvalue weighted by Gasteiger charge is -2.35. The molecule has 0 aliphatic heterocycles. The molecule has 1 N–H and O–H groups in total. The van der Waals surface area contributed by atoms with E-state index in [1.165, 1.54) is 19.1 Å². The maximum absolute atomic E-state index is 14.4.